The predicted molar refractivity (Wildman–Crippen MR) is 60.8 cm³/mol. The number of carboxylic acids is 1. The fraction of sp³-hybridized carbons (Fsp3) is 0.545. The van der Waals surface area contributed by atoms with E-state index in [2.05, 4.69) is 11.2 Å². The van der Waals surface area contributed by atoms with Crippen LogP contribution >= 0.6 is 0 Å². The first-order chi connectivity index (χ1) is 8.61. The summed E-state index contributed by atoms with van der Waals surface area (Å²) < 4.78 is 6.80. The lowest BCUT2D eigenvalue weighted by molar-refractivity contribution is -0.00360. The molecular weight excluding hydrogens is 236 g/mol. The Morgan fingerprint density at radius 1 is 1.78 bits per heavy atom. The van der Waals surface area contributed by atoms with Gasteiger partial charge in [0.25, 0.3) is 0 Å². The summed E-state index contributed by atoms with van der Waals surface area (Å²) in [6.07, 6.45) is 0.903. The van der Waals surface area contributed by atoms with Gasteiger partial charge in [-0.1, -0.05) is 0 Å². The smallest absolute Gasteiger partial charge is 0.339 e. The van der Waals surface area contributed by atoms with Crippen molar-refractivity contribution < 1.29 is 14.6 Å². The van der Waals surface area contributed by atoms with E-state index < -0.39 is 12.1 Å². The second-order valence-electron chi connectivity index (χ2n) is 4.16. The maximum atomic E-state index is 11.0. The van der Waals surface area contributed by atoms with Crippen molar-refractivity contribution in [1.29, 1.82) is 5.26 Å². The minimum absolute atomic E-state index is 0.206. The lowest BCUT2D eigenvalue weighted by atomic mass is 10.2. The summed E-state index contributed by atoms with van der Waals surface area (Å²) in [6, 6.07) is 2.06. The highest BCUT2D eigenvalue weighted by Crippen LogP contribution is 2.13. The number of ether oxygens (including phenoxy) is 1. The van der Waals surface area contributed by atoms with Crippen molar-refractivity contribution in [2.24, 2.45) is 7.05 Å². The normalized spacial score (nSPS) is 20.6. The van der Waals surface area contributed by atoms with Crippen LogP contribution in [-0.2, 0) is 18.3 Å². The molecule has 0 radical (unpaired) electrons. The Morgan fingerprint density at radius 3 is 3.22 bits per heavy atom. The van der Waals surface area contributed by atoms with E-state index in [1.807, 2.05) is 4.90 Å². The Hall–Kier alpha value is -1.91. The number of carbonyl (C=O) groups is 1. The van der Waals surface area contributed by atoms with Crippen molar-refractivity contribution in [3.63, 3.8) is 0 Å². The van der Waals surface area contributed by atoms with E-state index >= 15 is 0 Å². The molecule has 18 heavy (non-hydrogen) atoms. The Kier molecular flexibility index (Phi) is 3.60. The highest BCUT2D eigenvalue weighted by atomic mass is 16.5. The van der Waals surface area contributed by atoms with Crippen molar-refractivity contribution in [2.75, 3.05) is 19.7 Å². The van der Waals surface area contributed by atoms with Crippen molar-refractivity contribution >= 4 is 5.97 Å². The molecule has 1 saturated heterocycles. The number of morpholine rings is 1. The van der Waals surface area contributed by atoms with Crippen LogP contribution < -0.4 is 0 Å². The number of hydrogen-bond acceptors (Lipinski definition) is 5. The molecule has 1 N–H and O–H groups in total. The Labute approximate surface area is 104 Å². The van der Waals surface area contributed by atoms with E-state index in [1.165, 1.54) is 6.20 Å². The topological polar surface area (TPSA) is 91.4 Å². The summed E-state index contributed by atoms with van der Waals surface area (Å²) in [4.78, 5) is 13.0. The van der Waals surface area contributed by atoms with Gasteiger partial charge in [-0.15, -0.1) is 0 Å². The minimum Gasteiger partial charge on any atom is -0.478 e. The fourth-order valence-corrected chi connectivity index (χ4v) is 1.97. The van der Waals surface area contributed by atoms with Crippen LogP contribution in [0.1, 0.15) is 16.1 Å². The van der Waals surface area contributed by atoms with Crippen LogP contribution in [0.3, 0.4) is 0 Å². The molecular formula is C11H14N4O3. The summed E-state index contributed by atoms with van der Waals surface area (Å²) >= 11 is 0. The molecule has 1 fully saturated rings. The van der Waals surface area contributed by atoms with E-state index in [0.29, 0.717) is 31.9 Å². The Bertz CT molecular complexity index is 491. The highest BCUT2D eigenvalue weighted by Gasteiger charge is 2.23. The first-order valence-electron chi connectivity index (χ1n) is 5.59. The second-order valence-corrected chi connectivity index (χ2v) is 4.16. The molecule has 1 atom stereocenters. The standard InChI is InChI=1S/C11H14N4O3/c1-14-10(9(5-13-14)11(16)17)7-15-2-3-18-8(4-12)6-15/h5,8H,2-3,6-7H2,1H3,(H,16,17). The van der Waals surface area contributed by atoms with Crippen molar-refractivity contribution in [3.05, 3.63) is 17.5 Å². The van der Waals surface area contributed by atoms with Crippen molar-refractivity contribution in [2.45, 2.75) is 12.6 Å². The summed E-state index contributed by atoms with van der Waals surface area (Å²) in [5, 5.41) is 21.8. The third-order valence-corrected chi connectivity index (χ3v) is 2.96. The van der Waals surface area contributed by atoms with Gasteiger partial charge < -0.3 is 9.84 Å². The number of aryl methyl sites for hydroxylation is 1. The molecule has 96 valence electrons. The zero-order chi connectivity index (χ0) is 13.1. The van der Waals surface area contributed by atoms with Gasteiger partial charge in [-0.3, -0.25) is 9.58 Å². The predicted octanol–water partition coefficient (Wildman–Crippen LogP) is -0.157. The van der Waals surface area contributed by atoms with E-state index in [1.54, 1.807) is 11.7 Å². The molecule has 0 aliphatic carbocycles. The molecule has 0 bridgehead atoms. The van der Waals surface area contributed by atoms with Crippen LogP contribution in [-0.4, -0.2) is 51.6 Å². The molecule has 1 aliphatic heterocycles. The minimum atomic E-state index is -0.983. The van der Waals surface area contributed by atoms with Gasteiger partial charge in [-0.25, -0.2) is 4.79 Å². The van der Waals surface area contributed by atoms with E-state index in [0.717, 1.165) is 0 Å². The molecule has 1 aromatic heterocycles. The highest BCUT2D eigenvalue weighted by molar-refractivity contribution is 5.88. The molecule has 7 nitrogen and oxygen atoms in total. The average molecular weight is 250 g/mol. The summed E-state index contributed by atoms with van der Waals surface area (Å²) in [5.41, 5.74) is 0.846. The Morgan fingerprint density at radius 2 is 2.56 bits per heavy atom. The van der Waals surface area contributed by atoms with Crippen molar-refractivity contribution in [3.8, 4) is 6.07 Å². The fourth-order valence-electron chi connectivity index (χ4n) is 1.97. The third-order valence-electron chi connectivity index (χ3n) is 2.96. The maximum Gasteiger partial charge on any atom is 0.339 e. The van der Waals surface area contributed by atoms with Crippen LogP contribution in [0.2, 0.25) is 0 Å². The van der Waals surface area contributed by atoms with Crippen LogP contribution in [0, 0.1) is 11.3 Å². The summed E-state index contributed by atoms with van der Waals surface area (Å²) in [7, 11) is 1.71. The van der Waals surface area contributed by atoms with E-state index in [4.69, 9.17) is 15.1 Å². The largest absolute Gasteiger partial charge is 0.478 e. The second kappa shape index (κ2) is 5.16. The number of nitriles is 1. The lowest BCUT2D eigenvalue weighted by Gasteiger charge is -2.29. The number of aromatic carboxylic acids is 1. The molecule has 0 spiro atoms. The van der Waals surface area contributed by atoms with Crippen LogP contribution in [0.4, 0.5) is 0 Å². The van der Waals surface area contributed by atoms with Gasteiger partial charge >= 0.3 is 5.97 Å². The lowest BCUT2D eigenvalue weighted by Crippen LogP contribution is -2.41. The number of rotatable bonds is 3. The molecule has 0 saturated carbocycles. The molecule has 1 aromatic rings. The van der Waals surface area contributed by atoms with Gasteiger partial charge in [0, 0.05) is 26.7 Å². The molecule has 7 heteroatoms. The van der Waals surface area contributed by atoms with Gasteiger partial charge in [-0.05, 0) is 0 Å². The van der Waals surface area contributed by atoms with Crippen LogP contribution in [0.25, 0.3) is 0 Å². The van der Waals surface area contributed by atoms with Crippen molar-refractivity contribution in [1.82, 2.24) is 14.7 Å². The SMILES string of the molecule is Cn1ncc(C(=O)O)c1CN1CCOC(C#N)C1. The molecule has 0 aromatic carbocycles. The zero-order valence-electron chi connectivity index (χ0n) is 10.0. The number of carboxylic acid groups (broad SMARTS) is 1. The van der Waals surface area contributed by atoms with E-state index in [9.17, 15) is 4.79 Å². The molecule has 2 heterocycles. The molecule has 1 unspecified atom stereocenters. The molecule has 1 aliphatic rings. The molecule has 2 rings (SSSR count). The number of hydrogen-bond donors (Lipinski definition) is 1. The number of aromatic nitrogens is 2. The van der Waals surface area contributed by atoms with Gasteiger partial charge in [0.15, 0.2) is 6.10 Å². The van der Waals surface area contributed by atoms with E-state index in [-0.39, 0.29) is 5.56 Å². The van der Waals surface area contributed by atoms with Crippen LogP contribution in [0.15, 0.2) is 6.20 Å². The average Bonchev–Trinajstić information content (AvgIpc) is 2.71. The van der Waals surface area contributed by atoms with Crippen LogP contribution in [0.5, 0.6) is 0 Å². The molecule has 0 amide bonds. The summed E-state index contributed by atoms with van der Waals surface area (Å²) in [5.74, 6) is -0.983. The third kappa shape index (κ3) is 2.50. The monoisotopic (exact) mass is 250 g/mol. The number of nitrogens with zero attached hydrogens (tertiary/aromatic N) is 4. The van der Waals surface area contributed by atoms with Gasteiger partial charge in [0.1, 0.15) is 5.56 Å². The summed E-state index contributed by atoms with van der Waals surface area (Å²) in [6.45, 7) is 2.11. The first kappa shape index (κ1) is 12.5. The van der Waals surface area contributed by atoms with Gasteiger partial charge in [0.05, 0.1) is 24.6 Å². The van der Waals surface area contributed by atoms with Gasteiger partial charge in [0.2, 0.25) is 0 Å². The maximum absolute atomic E-state index is 11.0. The zero-order valence-corrected chi connectivity index (χ0v) is 10.0. The van der Waals surface area contributed by atoms with Gasteiger partial charge in [-0.2, -0.15) is 10.4 Å². The quantitative estimate of drug-likeness (QED) is 0.801. The first-order valence-corrected chi connectivity index (χ1v) is 5.59. The Balaban J connectivity index is 2.12.